The van der Waals surface area contributed by atoms with Crippen LogP contribution in [0, 0.1) is 13.8 Å². The lowest BCUT2D eigenvalue weighted by molar-refractivity contribution is 0.0940. The molecule has 0 bridgehead atoms. The Labute approximate surface area is 171 Å². The number of Topliss-reactive ketones (excluding diaryl/α,β-unsaturated/α-hetero) is 1. The summed E-state index contributed by atoms with van der Waals surface area (Å²) >= 11 is 0. The summed E-state index contributed by atoms with van der Waals surface area (Å²) in [6.07, 6.45) is 2.80. The third-order valence-electron chi connectivity index (χ3n) is 5.24. The Hall–Kier alpha value is -3.24. The number of carbonyl (C=O) groups is 1. The highest BCUT2D eigenvalue weighted by Crippen LogP contribution is 2.22. The molecule has 0 saturated carbocycles. The Morgan fingerprint density at radius 2 is 1.69 bits per heavy atom. The first kappa shape index (κ1) is 19.1. The van der Waals surface area contributed by atoms with Gasteiger partial charge in [0.05, 0.1) is 11.6 Å². The smallest absolute Gasteiger partial charge is 0.204 e. The molecule has 1 atom stereocenters. The number of nitrogens with one attached hydrogen (secondary N) is 1. The normalized spacial score (nSPS) is 12.2. The van der Waals surface area contributed by atoms with Gasteiger partial charge in [0.1, 0.15) is 11.5 Å². The average molecular weight is 383 g/mol. The fourth-order valence-corrected chi connectivity index (χ4v) is 3.63. The molecule has 4 aromatic rings. The minimum absolute atomic E-state index is 0.00286. The van der Waals surface area contributed by atoms with Gasteiger partial charge in [0.15, 0.2) is 0 Å². The standard InChI is InChI=1S/C25H25N3O/c1-18-11-13-20(14-12-18)15-16-26-23(21-8-4-3-5-9-21)25(29)24-22-10-6-7-17-28(22)19(2)27-24/h3-14,17,23,26H,15-16H2,1-2H3/t23-/m0/s1. The molecule has 0 aliphatic carbocycles. The number of aromatic nitrogens is 2. The van der Waals surface area contributed by atoms with Gasteiger partial charge in [-0.15, -0.1) is 0 Å². The number of fused-ring (bicyclic) bond motifs is 1. The van der Waals surface area contributed by atoms with Crippen molar-refractivity contribution in [1.29, 1.82) is 0 Å². The van der Waals surface area contributed by atoms with Crippen LogP contribution in [0.3, 0.4) is 0 Å². The summed E-state index contributed by atoms with van der Waals surface area (Å²) < 4.78 is 1.96. The lowest BCUT2D eigenvalue weighted by Crippen LogP contribution is -2.30. The summed E-state index contributed by atoms with van der Waals surface area (Å²) in [7, 11) is 0. The van der Waals surface area contributed by atoms with E-state index in [2.05, 4.69) is 41.5 Å². The first-order valence-corrected chi connectivity index (χ1v) is 9.95. The number of pyridine rings is 1. The molecular weight excluding hydrogens is 358 g/mol. The average Bonchev–Trinajstić information content (AvgIpc) is 3.10. The number of aryl methyl sites for hydroxylation is 2. The van der Waals surface area contributed by atoms with Crippen molar-refractivity contribution in [2.45, 2.75) is 26.3 Å². The summed E-state index contributed by atoms with van der Waals surface area (Å²) in [6, 6.07) is 23.8. The van der Waals surface area contributed by atoms with Crippen LogP contribution in [0.1, 0.15) is 39.0 Å². The molecule has 0 amide bonds. The molecule has 0 fully saturated rings. The maximum Gasteiger partial charge on any atom is 0.204 e. The molecule has 4 nitrogen and oxygen atoms in total. The lowest BCUT2D eigenvalue weighted by Gasteiger charge is -2.17. The quantitative estimate of drug-likeness (QED) is 0.470. The molecule has 29 heavy (non-hydrogen) atoms. The number of benzene rings is 2. The molecule has 0 aliphatic heterocycles. The van der Waals surface area contributed by atoms with E-state index < -0.39 is 6.04 Å². The van der Waals surface area contributed by atoms with Crippen LogP contribution in [0.5, 0.6) is 0 Å². The van der Waals surface area contributed by atoms with Crippen LogP contribution in [0.2, 0.25) is 0 Å². The molecule has 4 heteroatoms. The topological polar surface area (TPSA) is 46.4 Å². The summed E-state index contributed by atoms with van der Waals surface area (Å²) in [5.41, 5.74) is 4.82. The van der Waals surface area contributed by atoms with E-state index in [1.807, 2.05) is 66.1 Å². The Bertz CT molecular complexity index is 1110. The van der Waals surface area contributed by atoms with Gasteiger partial charge in [0.25, 0.3) is 0 Å². The van der Waals surface area contributed by atoms with Crippen LogP contribution >= 0.6 is 0 Å². The zero-order chi connectivity index (χ0) is 20.2. The molecule has 2 aromatic carbocycles. The Morgan fingerprint density at radius 3 is 2.45 bits per heavy atom. The molecular formula is C25H25N3O. The van der Waals surface area contributed by atoms with Crippen molar-refractivity contribution in [1.82, 2.24) is 14.7 Å². The maximum atomic E-state index is 13.5. The van der Waals surface area contributed by atoms with Gasteiger partial charge in [-0.25, -0.2) is 4.98 Å². The second kappa shape index (κ2) is 8.41. The fourth-order valence-electron chi connectivity index (χ4n) is 3.63. The number of hydrogen-bond donors (Lipinski definition) is 1. The largest absolute Gasteiger partial charge is 0.303 e. The highest BCUT2D eigenvalue weighted by Gasteiger charge is 2.25. The van der Waals surface area contributed by atoms with Gasteiger partial charge in [-0.05, 0) is 43.5 Å². The van der Waals surface area contributed by atoms with Crippen LogP contribution in [0.4, 0.5) is 0 Å². The first-order valence-electron chi connectivity index (χ1n) is 9.95. The van der Waals surface area contributed by atoms with E-state index in [1.165, 1.54) is 11.1 Å². The minimum Gasteiger partial charge on any atom is -0.303 e. The molecule has 0 spiro atoms. The number of carbonyl (C=O) groups excluding carboxylic acids is 1. The summed E-state index contributed by atoms with van der Waals surface area (Å²) in [6.45, 7) is 4.72. The van der Waals surface area contributed by atoms with E-state index in [0.29, 0.717) is 12.2 Å². The zero-order valence-corrected chi connectivity index (χ0v) is 16.8. The van der Waals surface area contributed by atoms with Crippen LogP contribution < -0.4 is 5.32 Å². The van der Waals surface area contributed by atoms with Crippen LogP contribution in [-0.4, -0.2) is 21.7 Å². The summed E-state index contributed by atoms with van der Waals surface area (Å²) in [4.78, 5) is 18.1. The highest BCUT2D eigenvalue weighted by atomic mass is 16.1. The predicted octanol–water partition coefficient (Wildman–Crippen LogP) is 4.71. The monoisotopic (exact) mass is 383 g/mol. The minimum atomic E-state index is -0.431. The van der Waals surface area contributed by atoms with Crippen molar-refractivity contribution in [3.8, 4) is 0 Å². The second-order valence-corrected chi connectivity index (χ2v) is 7.36. The Kier molecular flexibility index (Phi) is 5.54. The molecule has 4 rings (SSSR count). The molecule has 2 heterocycles. The summed E-state index contributed by atoms with van der Waals surface area (Å²) in [5, 5.41) is 3.47. The third-order valence-corrected chi connectivity index (χ3v) is 5.24. The van der Waals surface area contributed by atoms with Crippen LogP contribution in [0.25, 0.3) is 5.52 Å². The van der Waals surface area contributed by atoms with Gasteiger partial charge < -0.3 is 9.72 Å². The molecule has 0 aliphatic rings. The van der Waals surface area contributed by atoms with Crippen molar-refractivity contribution in [3.63, 3.8) is 0 Å². The molecule has 0 radical (unpaired) electrons. The lowest BCUT2D eigenvalue weighted by atomic mass is 9.99. The van der Waals surface area contributed by atoms with Crippen LogP contribution in [0.15, 0.2) is 79.0 Å². The SMILES string of the molecule is Cc1ccc(CCN[C@H](C(=O)c2nc(C)n3ccccc23)c2ccccc2)cc1. The van der Waals surface area contributed by atoms with E-state index in [9.17, 15) is 4.79 Å². The van der Waals surface area contributed by atoms with Crippen molar-refractivity contribution < 1.29 is 4.79 Å². The van der Waals surface area contributed by atoms with Gasteiger partial charge >= 0.3 is 0 Å². The van der Waals surface area contributed by atoms with Gasteiger partial charge in [0, 0.05) is 12.7 Å². The molecule has 1 N–H and O–H groups in total. The van der Waals surface area contributed by atoms with E-state index >= 15 is 0 Å². The van der Waals surface area contributed by atoms with Gasteiger partial charge in [0.2, 0.25) is 5.78 Å². The Morgan fingerprint density at radius 1 is 0.966 bits per heavy atom. The molecule has 2 aromatic heterocycles. The van der Waals surface area contributed by atoms with Gasteiger partial charge in [-0.3, -0.25) is 4.79 Å². The Balaban J connectivity index is 1.60. The molecule has 146 valence electrons. The van der Waals surface area contributed by atoms with Crippen LogP contribution in [-0.2, 0) is 6.42 Å². The zero-order valence-electron chi connectivity index (χ0n) is 16.8. The predicted molar refractivity (Wildman–Crippen MR) is 116 cm³/mol. The molecule has 0 saturated heterocycles. The van der Waals surface area contributed by atoms with E-state index in [4.69, 9.17) is 0 Å². The second-order valence-electron chi connectivity index (χ2n) is 7.36. The number of ketones is 1. The highest BCUT2D eigenvalue weighted by molar-refractivity contribution is 6.04. The number of rotatable bonds is 7. The van der Waals surface area contributed by atoms with Gasteiger partial charge in [-0.2, -0.15) is 0 Å². The van der Waals surface area contributed by atoms with E-state index in [1.54, 1.807) is 0 Å². The van der Waals surface area contributed by atoms with Crippen molar-refractivity contribution in [2.75, 3.05) is 6.54 Å². The van der Waals surface area contributed by atoms with Crippen molar-refractivity contribution >= 4 is 11.3 Å². The van der Waals surface area contributed by atoms with Crippen molar-refractivity contribution in [2.24, 2.45) is 0 Å². The third kappa shape index (κ3) is 4.13. The van der Waals surface area contributed by atoms with E-state index in [-0.39, 0.29) is 5.78 Å². The number of hydrogen-bond acceptors (Lipinski definition) is 3. The molecule has 0 unspecified atom stereocenters. The van der Waals surface area contributed by atoms with E-state index in [0.717, 1.165) is 23.3 Å². The fraction of sp³-hybridized carbons (Fsp3) is 0.200. The number of imidazole rings is 1. The summed E-state index contributed by atoms with van der Waals surface area (Å²) in [5.74, 6) is 0.812. The van der Waals surface area contributed by atoms with Gasteiger partial charge in [-0.1, -0.05) is 66.2 Å². The first-order chi connectivity index (χ1) is 14.1. The number of nitrogens with zero attached hydrogens (tertiary/aromatic N) is 2. The maximum absolute atomic E-state index is 13.5. The van der Waals surface area contributed by atoms with Crippen molar-refractivity contribution in [3.05, 3.63) is 107 Å².